The van der Waals surface area contributed by atoms with Crippen molar-refractivity contribution in [1.82, 2.24) is 14.9 Å². The molecule has 2 heterocycles. The number of alkyl carbamates (subject to hydrolysis) is 1. The largest absolute Gasteiger partial charge is 0.444 e. The number of fused-ring (bicyclic) bond motifs is 2. The van der Waals surface area contributed by atoms with Crippen LogP contribution >= 0.6 is 0 Å². The molecule has 9 nitrogen and oxygen atoms in total. The van der Waals surface area contributed by atoms with Crippen LogP contribution in [0.1, 0.15) is 65.8 Å². The average molecular weight is 536 g/mol. The molecule has 0 saturated heterocycles. The second-order valence-corrected chi connectivity index (χ2v) is 11.9. The fraction of sp³-hybridized carbons (Fsp3) is 0.500. The van der Waals surface area contributed by atoms with E-state index in [0.717, 1.165) is 36.3 Å². The van der Waals surface area contributed by atoms with Crippen LogP contribution in [-0.4, -0.2) is 52.6 Å². The van der Waals surface area contributed by atoms with Crippen LogP contribution in [0, 0.1) is 0 Å². The predicted molar refractivity (Wildman–Crippen MR) is 155 cm³/mol. The molecule has 1 amide bonds. The molecule has 2 aromatic carbocycles. The third kappa shape index (κ3) is 7.43. The number of nitrogens with zero attached hydrogens (tertiary/aromatic N) is 3. The summed E-state index contributed by atoms with van der Waals surface area (Å²) in [6.45, 7) is 13.5. The Balaban J connectivity index is 1.63. The second-order valence-electron chi connectivity index (χ2n) is 11.9. The number of para-hydroxylation sites is 3. The maximum absolute atomic E-state index is 13.4. The molecule has 0 unspecified atom stereocenters. The molecule has 0 fully saturated rings. The molecule has 1 aliphatic rings. The lowest BCUT2D eigenvalue weighted by Gasteiger charge is -2.30. The van der Waals surface area contributed by atoms with Gasteiger partial charge in [0.2, 0.25) is 0 Å². The minimum Gasteiger partial charge on any atom is -0.444 e. The van der Waals surface area contributed by atoms with E-state index in [2.05, 4.69) is 33.7 Å². The first-order valence-electron chi connectivity index (χ1n) is 13.7. The smallest absolute Gasteiger partial charge is 0.420 e. The van der Waals surface area contributed by atoms with E-state index in [1.165, 1.54) is 5.56 Å². The number of ether oxygens (including phenoxy) is 2. The third-order valence-corrected chi connectivity index (χ3v) is 6.21. The molecule has 1 aliphatic heterocycles. The van der Waals surface area contributed by atoms with E-state index in [9.17, 15) is 9.59 Å². The minimum atomic E-state index is -0.644. The highest BCUT2D eigenvalue weighted by atomic mass is 16.6. The van der Waals surface area contributed by atoms with Crippen LogP contribution in [0.2, 0.25) is 0 Å². The summed E-state index contributed by atoms with van der Waals surface area (Å²) < 4.78 is 12.7. The molecule has 4 rings (SSSR count). The van der Waals surface area contributed by atoms with Gasteiger partial charge in [-0.25, -0.2) is 19.1 Å². The number of nitrogens with one attached hydrogen (secondary N) is 2. The summed E-state index contributed by atoms with van der Waals surface area (Å²) >= 11 is 0. The number of carbonyl (C=O) groups is 2. The van der Waals surface area contributed by atoms with Gasteiger partial charge >= 0.3 is 12.2 Å². The fourth-order valence-corrected chi connectivity index (χ4v) is 4.68. The summed E-state index contributed by atoms with van der Waals surface area (Å²) in [7, 11) is 0. The van der Waals surface area contributed by atoms with Crippen LogP contribution in [0.4, 0.5) is 21.0 Å². The highest BCUT2D eigenvalue weighted by Gasteiger charge is 2.26. The molecule has 39 heavy (non-hydrogen) atoms. The Morgan fingerprint density at radius 3 is 2.51 bits per heavy atom. The zero-order chi connectivity index (χ0) is 28.2. The first kappa shape index (κ1) is 28.3. The van der Waals surface area contributed by atoms with Gasteiger partial charge in [0.25, 0.3) is 0 Å². The predicted octanol–water partition coefficient (Wildman–Crippen LogP) is 6.10. The van der Waals surface area contributed by atoms with Crippen molar-refractivity contribution in [2.45, 2.75) is 78.6 Å². The van der Waals surface area contributed by atoms with Crippen molar-refractivity contribution in [2.24, 2.45) is 0 Å². The first-order valence-corrected chi connectivity index (χ1v) is 13.7. The van der Waals surface area contributed by atoms with Crippen LogP contribution in [0.25, 0.3) is 11.0 Å². The van der Waals surface area contributed by atoms with Gasteiger partial charge in [-0.05, 0) is 84.6 Å². The normalized spacial score (nSPS) is 13.4. The maximum atomic E-state index is 13.4. The van der Waals surface area contributed by atoms with E-state index in [0.29, 0.717) is 37.4 Å². The molecule has 0 aliphatic carbocycles. The summed E-state index contributed by atoms with van der Waals surface area (Å²) in [5, 5.41) is 6.43. The Hall–Kier alpha value is -3.75. The van der Waals surface area contributed by atoms with Crippen LogP contribution in [0.3, 0.4) is 0 Å². The number of imidazole rings is 1. The fourth-order valence-electron chi connectivity index (χ4n) is 4.68. The van der Waals surface area contributed by atoms with Crippen LogP contribution in [-0.2, 0) is 22.4 Å². The number of amides is 1. The van der Waals surface area contributed by atoms with E-state index in [1.807, 2.05) is 65.8 Å². The summed E-state index contributed by atoms with van der Waals surface area (Å²) in [6, 6.07) is 13.9. The van der Waals surface area contributed by atoms with Crippen LogP contribution in [0.15, 0.2) is 42.5 Å². The zero-order valence-electron chi connectivity index (χ0n) is 24.0. The van der Waals surface area contributed by atoms with Gasteiger partial charge in [0, 0.05) is 19.6 Å². The molecule has 0 spiro atoms. The average Bonchev–Trinajstić information content (AvgIpc) is 3.21. The quantitative estimate of drug-likeness (QED) is 0.353. The van der Waals surface area contributed by atoms with Gasteiger partial charge < -0.3 is 25.0 Å². The topological polar surface area (TPSA) is 97.7 Å². The van der Waals surface area contributed by atoms with Crippen LogP contribution < -0.4 is 15.5 Å². The monoisotopic (exact) mass is 535 g/mol. The number of carbonyl (C=O) groups excluding carboxylic acids is 2. The number of hydrogen-bond acceptors (Lipinski definition) is 7. The van der Waals surface area contributed by atoms with Gasteiger partial charge in [-0.15, -0.1) is 0 Å². The number of benzene rings is 2. The van der Waals surface area contributed by atoms with Gasteiger partial charge in [0.15, 0.2) is 0 Å². The zero-order valence-corrected chi connectivity index (χ0v) is 24.0. The lowest BCUT2D eigenvalue weighted by molar-refractivity contribution is 0.0519. The van der Waals surface area contributed by atoms with Gasteiger partial charge in [-0.2, -0.15) is 0 Å². The number of anilines is 2. The van der Waals surface area contributed by atoms with Crippen molar-refractivity contribution in [3.63, 3.8) is 0 Å². The molecule has 0 bridgehead atoms. The van der Waals surface area contributed by atoms with E-state index in [-0.39, 0.29) is 0 Å². The van der Waals surface area contributed by atoms with Crippen molar-refractivity contribution in [1.29, 1.82) is 0 Å². The summed E-state index contributed by atoms with van der Waals surface area (Å²) in [4.78, 5) is 32.6. The Morgan fingerprint density at radius 2 is 1.77 bits per heavy atom. The summed E-state index contributed by atoms with van der Waals surface area (Å²) in [5.41, 5.74) is 3.69. The molecular weight excluding hydrogens is 494 g/mol. The van der Waals surface area contributed by atoms with Gasteiger partial charge in [-0.3, -0.25) is 0 Å². The highest BCUT2D eigenvalue weighted by molar-refractivity contribution is 5.88. The standard InChI is InChI=1S/C30H41N5O4/c1-29(2,3)38-27(36)32-18-11-19-34(24-16-9-12-21-13-10-17-31-26(21)24)20-25-33-22-14-7-8-15-23(22)35(25)28(37)39-30(4,5)6/h7-9,12,14-16,31H,10-11,13,17-20H2,1-6H3,(H,32,36). The molecule has 1 aromatic heterocycles. The molecule has 9 heteroatoms. The molecule has 3 aromatic rings. The van der Waals surface area contributed by atoms with E-state index < -0.39 is 23.4 Å². The molecule has 0 atom stereocenters. The summed E-state index contributed by atoms with van der Waals surface area (Å²) in [5.74, 6) is 0.596. The SMILES string of the molecule is CC(C)(C)OC(=O)NCCCN(Cc1nc2ccccc2n1C(=O)OC(C)(C)C)c1cccc2c1NCCC2. The Kier molecular flexibility index (Phi) is 8.37. The van der Waals surface area contributed by atoms with Crippen molar-refractivity contribution >= 4 is 34.6 Å². The van der Waals surface area contributed by atoms with Crippen LogP contribution in [0.5, 0.6) is 0 Å². The van der Waals surface area contributed by atoms with Crippen molar-refractivity contribution in [3.05, 3.63) is 53.9 Å². The first-order chi connectivity index (χ1) is 18.4. The minimum absolute atomic E-state index is 0.387. The number of hydrogen-bond donors (Lipinski definition) is 2. The van der Waals surface area contributed by atoms with Crippen molar-refractivity contribution in [3.8, 4) is 0 Å². The van der Waals surface area contributed by atoms with Gasteiger partial charge in [-0.1, -0.05) is 24.3 Å². The number of rotatable bonds is 7. The van der Waals surface area contributed by atoms with E-state index in [1.54, 1.807) is 4.57 Å². The van der Waals surface area contributed by atoms with Crippen molar-refractivity contribution < 1.29 is 19.1 Å². The van der Waals surface area contributed by atoms with Gasteiger partial charge in [0.1, 0.15) is 17.0 Å². The molecule has 2 N–H and O–H groups in total. The molecular formula is C30H41N5O4. The van der Waals surface area contributed by atoms with Crippen molar-refractivity contribution in [2.75, 3.05) is 29.9 Å². The number of aromatic nitrogens is 2. The molecule has 0 radical (unpaired) electrons. The van der Waals surface area contributed by atoms with E-state index in [4.69, 9.17) is 14.5 Å². The Bertz CT molecular complexity index is 1320. The third-order valence-electron chi connectivity index (χ3n) is 6.21. The Labute approximate surface area is 230 Å². The van der Waals surface area contributed by atoms with Gasteiger partial charge in [0.05, 0.1) is 29.0 Å². The highest BCUT2D eigenvalue weighted by Crippen LogP contribution is 2.34. The molecule has 0 saturated carbocycles. The lowest BCUT2D eigenvalue weighted by Crippen LogP contribution is -2.35. The second kappa shape index (κ2) is 11.6. The van der Waals surface area contributed by atoms with E-state index >= 15 is 0 Å². The Morgan fingerprint density at radius 1 is 1.03 bits per heavy atom. The lowest BCUT2D eigenvalue weighted by atomic mass is 10.0. The maximum Gasteiger partial charge on any atom is 0.420 e. The number of aryl methyl sites for hydroxylation is 1. The summed E-state index contributed by atoms with van der Waals surface area (Å²) in [6.07, 6.45) is 1.89. The molecule has 210 valence electrons.